The fraction of sp³-hybridized carbons (Fsp3) is 0.562. The maximum atomic E-state index is 12.7. The summed E-state index contributed by atoms with van der Waals surface area (Å²) < 4.78 is 0. The monoisotopic (exact) mass is 311 g/mol. The number of nitrogens with zero attached hydrogens (tertiary/aromatic N) is 2. The van der Waals surface area contributed by atoms with Crippen LogP contribution in [-0.4, -0.2) is 48.9 Å². The minimum absolute atomic E-state index is 0. The summed E-state index contributed by atoms with van der Waals surface area (Å²) in [5, 5.41) is 0. The van der Waals surface area contributed by atoms with Crippen molar-refractivity contribution in [3.05, 3.63) is 29.8 Å². The van der Waals surface area contributed by atoms with Gasteiger partial charge in [0.1, 0.15) is 0 Å². The molecule has 0 spiro atoms. The van der Waals surface area contributed by atoms with Gasteiger partial charge in [-0.15, -0.1) is 12.4 Å². The molecule has 1 saturated carbocycles. The highest BCUT2D eigenvalue weighted by Crippen LogP contribution is 2.25. The number of hydrogen-bond donors (Lipinski definition) is 1. The summed E-state index contributed by atoms with van der Waals surface area (Å²) in [6.45, 7) is 1.69. The van der Waals surface area contributed by atoms with E-state index < -0.39 is 0 Å². The van der Waals surface area contributed by atoms with E-state index in [4.69, 9.17) is 5.73 Å². The Hall–Kier alpha value is -1.26. The van der Waals surface area contributed by atoms with Gasteiger partial charge in [-0.1, -0.05) is 12.8 Å². The minimum Gasteiger partial charge on any atom is -0.399 e. The summed E-state index contributed by atoms with van der Waals surface area (Å²) in [6.07, 6.45) is 4.73. The summed E-state index contributed by atoms with van der Waals surface area (Å²) in [5.74, 6) is 0.138. The second-order valence-corrected chi connectivity index (χ2v) is 5.86. The molecule has 0 atom stereocenters. The first-order valence-electron chi connectivity index (χ1n) is 7.39. The van der Waals surface area contributed by atoms with Crippen LogP contribution in [0.15, 0.2) is 24.3 Å². The Labute approximate surface area is 133 Å². The van der Waals surface area contributed by atoms with E-state index in [0.29, 0.717) is 11.7 Å². The first kappa shape index (κ1) is 17.8. The van der Waals surface area contributed by atoms with Crippen molar-refractivity contribution in [1.82, 2.24) is 9.80 Å². The standard InChI is InChI=1S/C16H25N3O.ClH/c1-18(2)11-12-19(15-5-3-4-6-15)16(20)13-7-9-14(17)10-8-13;/h7-10,15H,3-6,11-12,17H2,1-2H3;1H. The molecule has 1 aromatic carbocycles. The predicted octanol–water partition coefficient (Wildman–Crippen LogP) is 2.64. The van der Waals surface area contributed by atoms with Crippen LogP contribution in [0.4, 0.5) is 5.69 Å². The number of benzene rings is 1. The van der Waals surface area contributed by atoms with Crippen molar-refractivity contribution in [1.29, 1.82) is 0 Å². The molecule has 1 aliphatic carbocycles. The van der Waals surface area contributed by atoms with Crippen molar-refractivity contribution in [2.75, 3.05) is 32.9 Å². The Kier molecular flexibility index (Phi) is 6.99. The largest absolute Gasteiger partial charge is 0.399 e. The number of nitrogen functional groups attached to an aromatic ring is 1. The molecule has 5 heteroatoms. The minimum atomic E-state index is 0. The van der Waals surface area contributed by atoms with Gasteiger partial charge in [-0.3, -0.25) is 4.79 Å². The molecule has 21 heavy (non-hydrogen) atoms. The van der Waals surface area contributed by atoms with Crippen LogP contribution in [0.2, 0.25) is 0 Å². The highest BCUT2D eigenvalue weighted by atomic mass is 35.5. The maximum absolute atomic E-state index is 12.7. The van der Waals surface area contributed by atoms with Gasteiger partial charge in [0.25, 0.3) is 5.91 Å². The quantitative estimate of drug-likeness (QED) is 0.851. The lowest BCUT2D eigenvalue weighted by Gasteiger charge is -2.30. The Morgan fingerprint density at radius 3 is 2.24 bits per heavy atom. The number of hydrogen-bond acceptors (Lipinski definition) is 3. The smallest absolute Gasteiger partial charge is 0.254 e. The molecule has 0 aliphatic heterocycles. The van der Waals surface area contributed by atoms with Gasteiger partial charge in [0.2, 0.25) is 0 Å². The lowest BCUT2D eigenvalue weighted by Crippen LogP contribution is -2.42. The van der Waals surface area contributed by atoms with E-state index >= 15 is 0 Å². The molecule has 118 valence electrons. The van der Waals surface area contributed by atoms with Crippen molar-refractivity contribution in [2.24, 2.45) is 0 Å². The van der Waals surface area contributed by atoms with E-state index in [0.717, 1.165) is 31.5 Å². The summed E-state index contributed by atoms with van der Waals surface area (Å²) in [6, 6.07) is 7.66. The number of carbonyl (C=O) groups excluding carboxylic acids is 1. The fourth-order valence-electron chi connectivity index (χ4n) is 2.77. The average Bonchev–Trinajstić information content (AvgIpc) is 2.93. The Morgan fingerprint density at radius 2 is 1.71 bits per heavy atom. The lowest BCUT2D eigenvalue weighted by atomic mass is 10.1. The third-order valence-corrected chi connectivity index (χ3v) is 3.97. The van der Waals surface area contributed by atoms with Crippen LogP contribution in [0.3, 0.4) is 0 Å². The van der Waals surface area contributed by atoms with Crippen LogP contribution in [0.5, 0.6) is 0 Å². The lowest BCUT2D eigenvalue weighted by molar-refractivity contribution is 0.0667. The molecule has 2 rings (SSSR count). The fourth-order valence-corrected chi connectivity index (χ4v) is 2.77. The van der Waals surface area contributed by atoms with Gasteiger partial charge in [-0.25, -0.2) is 0 Å². The maximum Gasteiger partial charge on any atom is 0.254 e. The normalized spacial score (nSPS) is 15.0. The second-order valence-electron chi connectivity index (χ2n) is 5.86. The number of anilines is 1. The van der Waals surface area contributed by atoms with Crippen LogP contribution in [0.1, 0.15) is 36.0 Å². The number of nitrogens with two attached hydrogens (primary N) is 1. The topological polar surface area (TPSA) is 49.6 Å². The zero-order valence-electron chi connectivity index (χ0n) is 12.9. The molecule has 1 aromatic rings. The van der Waals surface area contributed by atoms with Crippen LogP contribution in [0, 0.1) is 0 Å². The average molecular weight is 312 g/mol. The number of amides is 1. The molecule has 1 amide bonds. The Morgan fingerprint density at radius 1 is 1.14 bits per heavy atom. The van der Waals surface area contributed by atoms with Crippen molar-refractivity contribution >= 4 is 24.0 Å². The van der Waals surface area contributed by atoms with Gasteiger partial charge in [-0.2, -0.15) is 0 Å². The van der Waals surface area contributed by atoms with Gasteiger partial charge < -0.3 is 15.5 Å². The third-order valence-electron chi connectivity index (χ3n) is 3.97. The van der Waals surface area contributed by atoms with Gasteiger partial charge in [0.15, 0.2) is 0 Å². The molecule has 0 radical (unpaired) electrons. The molecule has 0 saturated heterocycles. The Bertz CT molecular complexity index is 441. The summed E-state index contributed by atoms with van der Waals surface area (Å²) in [5.41, 5.74) is 7.13. The van der Waals surface area contributed by atoms with E-state index in [1.807, 2.05) is 26.2 Å². The molecular formula is C16H26ClN3O. The molecule has 0 unspecified atom stereocenters. The number of carbonyl (C=O) groups is 1. The molecule has 4 nitrogen and oxygen atoms in total. The third kappa shape index (κ3) is 4.90. The van der Waals surface area contributed by atoms with Crippen LogP contribution in [-0.2, 0) is 0 Å². The van der Waals surface area contributed by atoms with E-state index in [1.54, 1.807) is 12.1 Å². The van der Waals surface area contributed by atoms with Crippen molar-refractivity contribution in [3.63, 3.8) is 0 Å². The molecule has 0 aromatic heterocycles. The predicted molar refractivity (Wildman–Crippen MR) is 89.9 cm³/mol. The van der Waals surface area contributed by atoms with Gasteiger partial charge in [0, 0.05) is 30.4 Å². The van der Waals surface area contributed by atoms with Gasteiger partial charge in [-0.05, 0) is 51.2 Å². The second kappa shape index (κ2) is 8.25. The number of halogens is 1. The zero-order chi connectivity index (χ0) is 14.5. The molecule has 1 aliphatic rings. The highest BCUT2D eigenvalue weighted by Gasteiger charge is 2.27. The van der Waals surface area contributed by atoms with Crippen molar-refractivity contribution in [3.8, 4) is 0 Å². The molecule has 0 bridgehead atoms. The van der Waals surface area contributed by atoms with Crippen LogP contribution < -0.4 is 5.73 Å². The van der Waals surface area contributed by atoms with E-state index in [1.165, 1.54) is 12.8 Å². The number of likely N-dealkylation sites (N-methyl/N-ethyl adjacent to an activating group) is 1. The van der Waals surface area contributed by atoms with Crippen LogP contribution >= 0.6 is 12.4 Å². The van der Waals surface area contributed by atoms with Crippen molar-refractivity contribution in [2.45, 2.75) is 31.7 Å². The molecular weight excluding hydrogens is 286 g/mol. The summed E-state index contributed by atoms with van der Waals surface area (Å²) >= 11 is 0. The van der Waals surface area contributed by atoms with E-state index in [-0.39, 0.29) is 18.3 Å². The van der Waals surface area contributed by atoms with E-state index in [2.05, 4.69) is 9.80 Å². The molecule has 1 fully saturated rings. The molecule has 0 heterocycles. The van der Waals surface area contributed by atoms with Crippen molar-refractivity contribution < 1.29 is 4.79 Å². The Balaban J connectivity index is 0.00000220. The zero-order valence-corrected chi connectivity index (χ0v) is 13.7. The first-order chi connectivity index (χ1) is 9.58. The first-order valence-corrected chi connectivity index (χ1v) is 7.39. The van der Waals surface area contributed by atoms with Crippen LogP contribution in [0.25, 0.3) is 0 Å². The summed E-state index contributed by atoms with van der Waals surface area (Å²) in [4.78, 5) is 16.9. The summed E-state index contributed by atoms with van der Waals surface area (Å²) in [7, 11) is 4.08. The van der Waals surface area contributed by atoms with E-state index in [9.17, 15) is 4.79 Å². The molecule has 2 N–H and O–H groups in total. The SMILES string of the molecule is CN(C)CCN(C(=O)c1ccc(N)cc1)C1CCCC1.Cl. The van der Waals surface area contributed by atoms with Gasteiger partial charge >= 0.3 is 0 Å². The highest BCUT2D eigenvalue weighted by molar-refractivity contribution is 5.94. The number of rotatable bonds is 5. The van der Waals surface area contributed by atoms with Gasteiger partial charge in [0.05, 0.1) is 0 Å².